The van der Waals surface area contributed by atoms with Crippen molar-refractivity contribution in [2.24, 2.45) is 5.41 Å². The third kappa shape index (κ3) is 4.35. The van der Waals surface area contributed by atoms with Crippen molar-refractivity contribution in [3.05, 3.63) is 24.0 Å². The largest absolute Gasteiger partial charge is 0.398 e. The Morgan fingerprint density at radius 3 is 2.44 bits per heavy atom. The predicted octanol–water partition coefficient (Wildman–Crippen LogP) is 2.61. The molecule has 18 heavy (non-hydrogen) atoms. The summed E-state index contributed by atoms with van der Waals surface area (Å²) in [6, 6.07) is 1.63. The van der Waals surface area contributed by atoms with E-state index < -0.39 is 0 Å². The Hall–Kier alpha value is -1.58. The molecule has 0 fully saturated rings. The number of nitrogens with one attached hydrogen (secondary N) is 1. The molecule has 4 heteroatoms. The summed E-state index contributed by atoms with van der Waals surface area (Å²) in [6.45, 7) is 10.5. The van der Waals surface area contributed by atoms with Crippen LogP contribution in [0.5, 0.6) is 0 Å². The van der Waals surface area contributed by atoms with Crippen molar-refractivity contribution in [1.29, 1.82) is 0 Å². The van der Waals surface area contributed by atoms with Crippen molar-refractivity contribution in [2.75, 3.05) is 5.73 Å². The highest BCUT2D eigenvalue weighted by Crippen LogP contribution is 2.27. The normalized spacial score (nSPS) is 12.3. The molecule has 0 aliphatic heterocycles. The summed E-state index contributed by atoms with van der Waals surface area (Å²) in [7, 11) is 0. The Morgan fingerprint density at radius 2 is 1.94 bits per heavy atom. The molecule has 0 aliphatic carbocycles. The van der Waals surface area contributed by atoms with E-state index in [1.807, 2.05) is 13.8 Å². The third-order valence-corrected chi connectivity index (χ3v) is 2.52. The highest BCUT2D eigenvalue weighted by molar-refractivity contribution is 5.99. The van der Waals surface area contributed by atoms with Crippen LogP contribution in [0, 0.1) is 5.41 Å². The molecule has 0 saturated carbocycles. The Labute approximate surface area is 109 Å². The van der Waals surface area contributed by atoms with Crippen LogP contribution in [0.25, 0.3) is 0 Å². The SMILES string of the molecule is CC(C)(C)CC(C)(C)NC(=O)c1cnccc1N. The van der Waals surface area contributed by atoms with Crippen LogP contribution in [0.15, 0.2) is 18.5 Å². The number of nitrogen functional groups attached to an aromatic ring is 1. The van der Waals surface area contributed by atoms with E-state index in [1.54, 1.807) is 12.3 Å². The first-order valence-corrected chi connectivity index (χ1v) is 6.13. The Bertz CT molecular complexity index is 433. The Kier molecular flexibility index (Phi) is 3.99. The fourth-order valence-corrected chi connectivity index (χ4v) is 2.34. The molecule has 100 valence electrons. The van der Waals surface area contributed by atoms with Gasteiger partial charge in [-0.2, -0.15) is 0 Å². The second-order valence-corrected chi connectivity index (χ2v) is 6.54. The minimum Gasteiger partial charge on any atom is -0.398 e. The standard InChI is InChI=1S/C14H23N3O/c1-13(2,3)9-14(4,5)17-12(18)10-8-16-7-6-11(10)15/h6-8H,9H2,1-5H3,(H2,15,16)(H,17,18). The van der Waals surface area contributed by atoms with Gasteiger partial charge < -0.3 is 11.1 Å². The number of aromatic nitrogens is 1. The van der Waals surface area contributed by atoms with Gasteiger partial charge in [0.05, 0.1) is 5.56 Å². The molecule has 4 nitrogen and oxygen atoms in total. The van der Waals surface area contributed by atoms with Gasteiger partial charge in [0.15, 0.2) is 0 Å². The maximum Gasteiger partial charge on any atom is 0.255 e. The molecule has 0 bridgehead atoms. The smallest absolute Gasteiger partial charge is 0.255 e. The summed E-state index contributed by atoms with van der Waals surface area (Å²) in [6.07, 6.45) is 3.95. The van der Waals surface area contributed by atoms with E-state index >= 15 is 0 Å². The molecule has 0 saturated heterocycles. The maximum absolute atomic E-state index is 12.1. The van der Waals surface area contributed by atoms with Crippen molar-refractivity contribution < 1.29 is 4.79 Å². The van der Waals surface area contributed by atoms with Gasteiger partial charge in [0.1, 0.15) is 0 Å². The molecule has 1 amide bonds. The van der Waals surface area contributed by atoms with E-state index in [9.17, 15) is 4.79 Å². The Morgan fingerprint density at radius 1 is 1.33 bits per heavy atom. The van der Waals surface area contributed by atoms with Crippen LogP contribution in [0.3, 0.4) is 0 Å². The second-order valence-electron chi connectivity index (χ2n) is 6.54. The number of carbonyl (C=O) groups is 1. The molecule has 0 spiro atoms. The average molecular weight is 249 g/mol. The highest BCUT2D eigenvalue weighted by Gasteiger charge is 2.27. The fourth-order valence-electron chi connectivity index (χ4n) is 2.34. The number of rotatable bonds is 3. The molecule has 0 aliphatic rings. The van der Waals surface area contributed by atoms with Crippen LogP contribution in [-0.4, -0.2) is 16.4 Å². The predicted molar refractivity (Wildman–Crippen MR) is 74.3 cm³/mol. The van der Waals surface area contributed by atoms with Gasteiger partial charge in [0, 0.05) is 23.6 Å². The first-order valence-electron chi connectivity index (χ1n) is 6.13. The molecule has 1 heterocycles. The molecule has 1 aromatic rings. The molecule has 0 radical (unpaired) electrons. The molecular formula is C14H23N3O. The lowest BCUT2D eigenvalue weighted by Gasteiger charge is -2.33. The van der Waals surface area contributed by atoms with Crippen molar-refractivity contribution in [3.8, 4) is 0 Å². The quantitative estimate of drug-likeness (QED) is 0.865. The summed E-state index contributed by atoms with van der Waals surface area (Å²) >= 11 is 0. The maximum atomic E-state index is 12.1. The van der Waals surface area contributed by atoms with Gasteiger partial charge in [-0.25, -0.2) is 0 Å². The number of carbonyl (C=O) groups excluding carboxylic acids is 1. The number of hydrogen-bond acceptors (Lipinski definition) is 3. The average Bonchev–Trinajstić information content (AvgIpc) is 2.12. The van der Waals surface area contributed by atoms with Crippen molar-refractivity contribution in [2.45, 2.75) is 46.6 Å². The number of hydrogen-bond donors (Lipinski definition) is 2. The van der Waals surface area contributed by atoms with Crippen molar-refractivity contribution in [1.82, 2.24) is 10.3 Å². The van der Waals surface area contributed by atoms with Gasteiger partial charge in [0.25, 0.3) is 5.91 Å². The summed E-state index contributed by atoms with van der Waals surface area (Å²) < 4.78 is 0. The zero-order valence-corrected chi connectivity index (χ0v) is 11.9. The molecule has 1 aromatic heterocycles. The van der Waals surface area contributed by atoms with E-state index in [0.29, 0.717) is 11.3 Å². The van der Waals surface area contributed by atoms with Gasteiger partial charge in [-0.05, 0) is 31.7 Å². The Balaban J connectivity index is 2.79. The van der Waals surface area contributed by atoms with Crippen LogP contribution in [0.4, 0.5) is 5.69 Å². The van der Waals surface area contributed by atoms with Gasteiger partial charge in [-0.1, -0.05) is 20.8 Å². The summed E-state index contributed by atoms with van der Waals surface area (Å²) in [4.78, 5) is 16.1. The minimum atomic E-state index is -0.280. The molecule has 0 aromatic carbocycles. The van der Waals surface area contributed by atoms with Gasteiger partial charge in [0.2, 0.25) is 0 Å². The zero-order valence-electron chi connectivity index (χ0n) is 11.9. The monoisotopic (exact) mass is 249 g/mol. The van der Waals surface area contributed by atoms with E-state index in [-0.39, 0.29) is 16.9 Å². The third-order valence-electron chi connectivity index (χ3n) is 2.52. The van der Waals surface area contributed by atoms with Gasteiger partial charge in [-0.3, -0.25) is 9.78 Å². The number of amides is 1. The van der Waals surface area contributed by atoms with Crippen LogP contribution in [-0.2, 0) is 0 Å². The van der Waals surface area contributed by atoms with Crippen molar-refractivity contribution >= 4 is 11.6 Å². The van der Waals surface area contributed by atoms with Crippen molar-refractivity contribution in [3.63, 3.8) is 0 Å². The number of pyridine rings is 1. The van der Waals surface area contributed by atoms with Crippen LogP contribution < -0.4 is 11.1 Å². The first-order chi connectivity index (χ1) is 8.11. The number of anilines is 1. The molecular weight excluding hydrogens is 226 g/mol. The molecule has 3 N–H and O–H groups in total. The lowest BCUT2D eigenvalue weighted by Crippen LogP contribution is -2.46. The zero-order chi connectivity index (χ0) is 14.0. The van der Waals surface area contributed by atoms with E-state index in [0.717, 1.165) is 6.42 Å². The van der Waals surface area contributed by atoms with E-state index in [2.05, 4.69) is 31.1 Å². The fraction of sp³-hybridized carbons (Fsp3) is 0.571. The highest BCUT2D eigenvalue weighted by atomic mass is 16.1. The van der Waals surface area contributed by atoms with E-state index in [4.69, 9.17) is 5.73 Å². The lowest BCUT2D eigenvalue weighted by atomic mass is 9.81. The van der Waals surface area contributed by atoms with Crippen LogP contribution >= 0.6 is 0 Å². The van der Waals surface area contributed by atoms with Crippen LogP contribution in [0.2, 0.25) is 0 Å². The number of nitrogens with two attached hydrogens (primary N) is 1. The summed E-state index contributed by atoms with van der Waals surface area (Å²) in [5.41, 5.74) is 6.52. The topological polar surface area (TPSA) is 68.0 Å². The van der Waals surface area contributed by atoms with E-state index in [1.165, 1.54) is 6.20 Å². The van der Waals surface area contributed by atoms with Gasteiger partial charge >= 0.3 is 0 Å². The summed E-state index contributed by atoms with van der Waals surface area (Å²) in [5.74, 6) is -0.171. The first kappa shape index (κ1) is 14.5. The lowest BCUT2D eigenvalue weighted by molar-refractivity contribution is 0.0892. The van der Waals surface area contributed by atoms with Crippen LogP contribution in [0.1, 0.15) is 51.4 Å². The molecule has 0 atom stereocenters. The number of nitrogens with zero attached hydrogens (tertiary/aromatic N) is 1. The van der Waals surface area contributed by atoms with Gasteiger partial charge in [-0.15, -0.1) is 0 Å². The minimum absolute atomic E-state index is 0.150. The molecule has 0 unspecified atom stereocenters. The second kappa shape index (κ2) is 4.96. The molecule has 1 rings (SSSR count). The summed E-state index contributed by atoms with van der Waals surface area (Å²) in [5, 5.41) is 3.01.